The number of hydrogen-bond acceptors (Lipinski definition) is 8. The van der Waals surface area contributed by atoms with Crippen LogP contribution in [0.4, 0.5) is 11.5 Å². The zero-order valence-corrected chi connectivity index (χ0v) is 11.0. The third kappa shape index (κ3) is 2.38. The third-order valence-electron chi connectivity index (χ3n) is 3.03. The monoisotopic (exact) mass is 284 g/mol. The fraction of sp³-hybridized carbons (Fsp3) is 0.545. The minimum atomic E-state index is -1.34. The standard InChI is InChI=1S/C11H16N4O5/c1-15-10(19)7-9(14-11(15)20-2)12-3-5(13-7)8(18)6(17)4-16/h3,5-6,8,13,16-18H,4H2,1-2H3/t5-,6-,8+/m1/s1. The number of aromatic nitrogens is 2. The van der Waals surface area contributed by atoms with Crippen LogP contribution >= 0.6 is 0 Å². The van der Waals surface area contributed by atoms with E-state index in [1.165, 1.54) is 24.9 Å². The molecular formula is C11H16N4O5. The van der Waals surface area contributed by atoms with E-state index < -0.39 is 30.4 Å². The SMILES string of the molecule is COc1nc2c(c(=O)n1C)N[C@@H]([C@H](O)[C@H](O)CO)C=N2. The van der Waals surface area contributed by atoms with E-state index in [0.29, 0.717) is 0 Å². The predicted octanol–water partition coefficient (Wildman–Crippen LogP) is -2.00. The second kappa shape index (κ2) is 5.57. The Morgan fingerprint density at radius 2 is 2.25 bits per heavy atom. The molecule has 1 aliphatic rings. The van der Waals surface area contributed by atoms with Gasteiger partial charge in [-0.25, -0.2) is 4.99 Å². The number of methoxy groups -OCH3 is 1. The minimum absolute atomic E-state index is 0.102. The Balaban J connectivity index is 2.36. The van der Waals surface area contributed by atoms with Crippen LogP contribution in [0.5, 0.6) is 6.01 Å². The maximum absolute atomic E-state index is 12.1. The highest BCUT2D eigenvalue weighted by Gasteiger charge is 2.29. The van der Waals surface area contributed by atoms with E-state index >= 15 is 0 Å². The molecule has 0 fully saturated rings. The summed E-state index contributed by atoms with van der Waals surface area (Å²) in [6.07, 6.45) is -1.32. The average molecular weight is 284 g/mol. The quantitative estimate of drug-likeness (QED) is 0.503. The molecule has 0 saturated heterocycles. The van der Waals surface area contributed by atoms with E-state index in [2.05, 4.69) is 15.3 Å². The van der Waals surface area contributed by atoms with Gasteiger partial charge in [-0.05, 0) is 0 Å². The normalized spacial score (nSPS) is 19.9. The van der Waals surface area contributed by atoms with E-state index in [0.717, 1.165) is 0 Å². The average Bonchev–Trinajstić information content (AvgIpc) is 2.48. The number of rotatable bonds is 4. The summed E-state index contributed by atoms with van der Waals surface area (Å²) in [6, 6.07) is -0.686. The van der Waals surface area contributed by atoms with Crippen molar-refractivity contribution >= 4 is 17.7 Å². The Morgan fingerprint density at radius 1 is 1.55 bits per heavy atom. The van der Waals surface area contributed by atoms with Crippen molar-refractivity contribution in [2.24, 2.45) is 12.0 Å². The Bertz CT molecular complexity index is 585. The second-order valence-electron chi connectivity index (χ2n) is 4.35. The maximum Gasteiger partial charge on any atom is 0.300 e. The summed E-state index contributed by atoms with van der Waals surface area (Å²) in [4.78, 5) is 20.1. The van der Waals surface area contributed by atoms with Crippen LogP contribution in [0, 0.1) is 0 Å². The van der Waals surface area contributed by atoms with Crippen LogP contribution in [0.2, 0.25) is 0 Å². The van der Waals surface area contributed by atoms with Crippen molar-refractivity contribution in [3.8, 4) is 6.01 Å². The molecular weight excluding hydrogens is 268 g/mol. The van der Waals surface area contributed by atoms with Gasteiger partial charge in [0.15, 0.2) is 5.82 Å². The first-order valence-corrected chi connectivity index (χ1v) is 5.92. The summed E-state index contributed by atoms with van der Waals surface area (Å²) in [5, 5.41) is 30.8. The summed E-state index contributed by atoms with van der Waals surface area (Å²) in [5.74, 6) is 0.145. The first-order chi connectivity index (χ1) is 9.49. The molecule has 4 N–H and O–H groups in total. The van der Waals surface area contributed by atoms with Crippen molar-refractivity contribution in [3.05, 3.63) is 10.4 Å². The molecule has 0 saturated carbocycles. The van der Waals surface area contributed by atoms with Crippen LogP contribution in [0.1, 0.15) is 0 Å². The van der Waals surface area contributed by atoms with Crippen molar-refractivity contribution in [3.63, 3.8) is 0 Å². The van der Waals surface area contributed by atoms with Gasteiger partial charge in [-0.15, -0.1) is 0 Å². The molecule has 0 unspecified atom stereocenters. The first-order valence-electron chi connectivity index (χ1n) is 5.92. The summed E-state index contributed by atoms with van der Waals surface area (Å²) in [7, 11) is 2.88. The number of nitrogens with zero attached hydrogens (tertiary/aromatic N) is 3. The number of aliphatic imine (C=N–C) groups is 1. The van der Waals surface area contributed by atoms with Gasteiger partial charge in [0.25, 0.3) is 5.56 Å². The maximum atomic E-state index is 12.1. The second-order valence-corrected chi connectivity index (χ2v) is 4.35. The number of hydrogen-bond donors (Lipinski definition) is 4. The molecule has 1 aliphatic heterocycles. The van der Waals surface area contributed by atoms with Gasteiger partial charge in [-0.3, -0.25) is 9.36 Å². The third-order valence-corrected chi connectivity index (χ3v) is 3.03. The molecule has 1 aromatic heterocycles. The van der Waals surface area contributed by atoms with Crippen molar-refractivity contribution in [1.82, 2.24) is 9.55 Å². The number of nitrogens with one attached hydrogen (secondary N) is 1. The van der Waals surface area contributed by atoms with Gasteiger partial charge >= 0.3 is 6.01 Å². The Kier molecular flexibility index (Phi) is 4.02. The molecule has 9 nitrogen and oxygen atoms in total. The van der Waals surface area contributed by atoms with Crippen LogP contribution in [0.3, 0.4) is 0 Å². The molecule has 0 aromatic carbocycles. The minimum Gasteiger partial charge on any atom is -0.468 e. The zero-order chi connectivity index (χ0) is 14.9. The lowest BCUT2D eigenvalue weighted by molar-refractivity contribution is -0.0136. The Hall–Kier alpha value is -1.97. The molecule has 20 heavy (non-hydrogen) atoms. The summed E-state index contributed by atoms with van der Waals surface area (Å²) < 4.78 is 6.14. The van der Waals surface area contributed by atoms with Gasteiger partial charge in [0.1, 0.15) is 17.9 Å². The van der Waals surface area contributed by atoms with E-state index in [1.54, 1.807) is 0 Å². The Morgan fingerprint density at radius 3 is 2.85 bits per heavy atom. The molecule has 0 radical (unpaired) electrons. The molecule has 0 amide bonds. The van der Waals surface area contributed by atoms with Crippen LogP contribution in [0.15, 0.2) is 9.79 Å². The molecule has 0 aliphatic carbocycles. The molecule has 9 heteroatoms. The van der Waals surface area contributed by atoms with Crippen molar-refractivity contribution in [1.29, 1.82) is 0 Å². The highest BCUT2D eigenvalue weighted by molar-refractivity contribution is 5.81. The Labute approximate surface area is 114 Å². The molecule has 2 rings (SSSR count). The summed E-state index contributed by atoms with van der Waals surface area (Å²) >= 11 is 0. The summed E-state index contributed by atoms with van der Waals surface area (Å²) in [5.41, 5.74) is -0.315. The highest BCUT2D eigenvalue weighted by atomic mass is 16.5. The predicted molar refractivity (Wildman–Crippen MR) is 70.7 cm³/mol. The van der Waals surface area contributed by atoms with E-state index in [4.69, 9.17) is 9.84 Å². The molecule has 0 spiro atoms. The lowest BCUT2D eigenvalue weighted by Crippen LogP contribution is -2.46. The first kappa shape index (κ1) is 14.4. The molecule has 1 aromatic rings. The van der Waals surface area contributed by atoms with Gasteiger partial charge in [0, 0.05) is 13.3 Å². The fourth-order valence-electron chi connectivity index (χ4n) is 1.85. The van der Waals surface area contributed by atoms with E-state index in [1.807, 2.05) is 0 Å². The number of aliphatic hydroxyl groups excluding tert-OH is 3. The molecule has 2 heterocycles. The van der Waals surface area contributed by atoms with E-state index in [-0.39, 0.29) is 17.5 Å². The lowest BCUT2D eigenvalue weighted by atomic mass is 10.1. The number of ether oxygens (including phenoxy) is 1. The van der Waals surface area contributed by atoms with Crippen molar-refractivity contribution in [2.75, 3.05) is 19.0 Å². The highest BCUT2D eigenvalue weighted by Crippen LogP contribution is 2.25. The van der Waals surface area contributed by atoms with Gasteiger partial charge in [-0.2, -0.15) is 4.98 Å². The largest absolute Gasteiger partial charge is 0.468 e. The van der Waals surface area contributed by atoms with E-state index in [9.17, 15) is 15.0 Å². The van der Waals surface area contributed by atoms with Gasteiger partial charge in [0.05, 0.1) is 19.8 Å². The van der Waals surface area contributed by atoms with Crippen LogP contribution < -0.4 is 15.6 Å². The van der Waals surface area contributed by atoms with Crippen LogP contribution in [0.25, 0.3) is 0 Å². The topological polar surface area (TPSA) is 129 Å². The zero-order valence-electron chi connectivity index (χ0n) is 11.0. The number of fused-ring (bicyclic) bond motifs is 1. The van der Waals surface area contributed by atoms with Crippen molar-refractivity contribution < 1.29 is 20.1 Å². The summed E-state index contributed by atoms with van der Waals surface area (Å²) in [6.45, 7) is -0.598. The molecule has 3 atom stereocenters. The molecule has 0 bridgehead atoms. The van der Waals surface area contributed by atoms with Gasteiger partial charge in [-0.1, -0.05) is 0 Å². The van der Waals surface area contributed by atoms with Crippen molar-refractivity contribution in [2.45, 2.75) is 18.2 Å². The smallest absolute Gasteiger partial charge is 0.300 e. The number of anilines is 1. The number of aliphatic hydroxyl groups is 3. The van der Waals surface area contributed by atoms with Gasteiger partial charge < -0.3 is 25.4 Å². The lowest BCUT2D eigenvalue weighted by Gasteiger charge is -2.27. The fourth-order valence-corrected chi connectivity index (χ4v) is 1.85. The van der Waals surface area contributed by atoms with Crippen LogP contribution in [-0.2, 0) is 7.05 Å². The van der Waals surface area contributed by atoms with Crippen LogP contribution in [-0.4, -0.2) is 63.1 Å². The molecule has 110 valence electrons. The van der Waals surface area contributed by atoms with Gasteiger partial charge in [0.2, 0.25) is 0 Å².